The molecule has 0 spiro atoms. The number of nitrogens with zero attached hydrogens (tertiary/aromatic N) is 2. The summed E-state index contributed by atoms with van der Waals surface area (Å²) in [6.45, 7) is 0.210. The Balaban J connectivity index is 2.52. The molecule has 2 aromatic rings. The molecule has 1 N–H and O–H groups in total. The number of imidazole rings is 1. The van der Waals surface area contributed by atoms with Crippen molar-refractivity contribution in [1.29, 1.82) is 0 Å². The summed E-state index contributed by atoms with van der Waals surface area (Å²) < 4.78 is 6.95. The van der Waals surface area contributed by atoms with E-state index in [0.29, 0.717) is 5.82 Å². The number of methoxy groups -OCH3 is 1. The van der Waals surface area contributed by atoms with E-state index in [9.17, 15) is 4.79 Å². The molecule has 0 unspecified atom stereocenters. The highest BCUT2D eigenvalue weighted by molar-refractivity contribution is 6.16. The van der Waals surface area contributed by atoms with Crippen LogP contribution in [-0.2, 0) is 17.2 Å². The van der Waals surface area contributed by atoms with Gasteiger partial charge < -0.3 is 14.6 Å². The minimum atomic E-state index is -0.0866. The number of nitrogens with one attached hydrogen (secondary N) is 1. The number of likely N-dealkylation sites (N-methyl/N-ethyl adjacent to an activating group) is 1. The van der Waals surface area contributed by atoms with E-state index in [1.165, 1.54) is 0 Å². The summed E-state index contributed by atoms with van der Waals surface area (Å²) >= 11 is 5.86. The Bertz CT molecular complexity index is 580. The zero-order valence-electron chi connectivity index (χ0n) is 10.2. The van der Waals surface area contributed by atoms with E-state index in [-0.39, 0.29) is 18.3 Å². The van der Waals surface area contributed by atoms with Crippen LogP contribution in [0.1, 0.15) is 5.82 Å². The topological polar surface area (TPSA) is 56.2 Å². The molecule has 6 heteroatoms. The van der Waals surface area contributed by atoms with Gasteiger partial charge in [-0.15, -0.1) is 11.6 Å². The summed E-state index contributed by atoms with van der Waals surface area (Å²) in [6.07, 6.45) is 0. The normalized spacial score (nSPS) is 10.6. The van der Waals surface area contributed by atoms with Gasteiger partial charge in [0, 0.05) is 13.1 Å². The molecule has 0 aliphatic heterocycles. The number of carbonyl (C=O) groups excluding carboxylic acids is 1. The van der Waals surface area contributed by atoms with Gasteiger partial charge in [0.05, 0.1) is 24.0 Å². The lowest BCUT2D eigenvalue weighted by atomic mass is 10.3. The second-order valence-corrected chi connectivity index (χ2v) is 4.04. The minimum Gasteiger partial charge on any atom is -0.497 e. The van der Waals surface area contributed by atoms with Crippen molar-refractivity contribution in [2.24, 2.45) is 0 Å². The molecule has 1 aromatic carbocycles. The van der Waals surface area contributed by atoms with Gasteiger partial charge >= 0.3 is 0 Å². The summed E-state index contributed by atoms with van der Waals surface area (Å²) in [5.41, 5.74) is 1.64. The first-order valence-electron chi connectivity index (χ1n) is 5.49. The van der Waals surface area contributed by atoms with Crippen molar-refractivity contribution in [3.05, 3.63) is 24.0 Å². The summed E-state index contributed by atoms with van der Waals surface area (Å²) in [5.74, 6) is 1.57. The highest BCUT2D eigenvalue weighted by Gasteiger charge is 2.12. The van der Waals surface area contributed by atoms with E-state index in [1.54, 1.807) is 18.7 Å². The van der Waals surface area contributed by atoms with Crippen LogP contribution in [0.3, 0.4) is 0 Å². The quantitative estimate of drug-likeness (QED) is 0.855. The number of hydrogen-bond acceptors (Lipinski definition) is 3. The Morgan fingerprint density at radius 1 is 1.56 bits per heavy atom. The van der Waals surface area contributed by atoms with Crippen LogP contribution in [0.4, 0.5) is 0 Å². The Morgan fingerprint density at radius 2 is 2.33 bits per heavy atom. The molecule has 0 atom stereocenters. The lowest BCUT2D eigenvalue weighted by Crippen LogP contribution is -2.24. The van der Waals surface area contributed by atoms with Crippen LogP contribution in [-0.4, -0.2) is 29.6 Å². The monoisotopic (exact) mass is 267 g/mol. The molecule has 5 nitrogen and oxygen atoms in total. The van der Waals surface area contributed by atoms with Crippen molar-refractivity contribution >= 4 is 28.5 Å². The Kier molecular flexibility index (Phi) is 3.72. The number of aromatic nitrogens is 2. The fourth-order valence-corrected chi connectivity index (χ4v) is 1.99. The second-order valence-electron chi connectivity index (χ2n) is 3.78. The van der Waals surface area contributed by atoms with E-state index < -0.39 is 0 Å². The molecule has 96 valence electrons. The van der Waals surface area contributed by atoms with Crippen LogP contribution in [0, 0.1) is 0 Å². The summed E-state index contributed by atoms with van der Waals surface area (Å²) in [4.78, 5) is 15.9. The van der Waals surface area contributed by atoms with Gasteiger partial charge in [-0.25, -0.2) is 4.98 Å². The average Bonchev–Trinajstić information content (AvgIpc) is 2.75. The van der Waals surface area contributed by atoms with Crippen molar-refractivity contribution in [2.45, 2.75) is 12.4 Å². The van der Waals surface area contributed by atoms with Crippen molar-refractivity contribution in [3.8, 4) is 5.75 Å². The number of amides is 1. The fraction of sp³-hybridized carbons (Fsp3) is 0.333. The molecule has 18 heavy (non-hydrogen) atoms. The van der Waals surface area contributed by atoms with Crippen LogP contribution >= 0.6 is 11.6 Å². The molecule has 0 bridgehead atoms. The van der Waals surface area contributed by atoms with Crippen LogP contribution in [0.2, 0.25) is 0 Å². The molecule has 1 amide bonds. The van der Waals surface area contributed by atoms with Gasteiger partial charge in [-0.2, -0.15) is 0 Å². The third-order valence-corrected chi connectivity index (χ3v) is 2.97. The average molecular weight is 268 g/mol. The maximum absolute atomic E-state index is 11.5. The number of carbonyl (C=O) groups is 1. The first-order valence-corrected chi connectivity index (χ1v) is 6.02. The molecule has 0 aliphatic rings. The van der Waals surface area contributed by atoms with E-state index in [1.807, 2.05) is 18.2 Å². The van der Waals surface area contributed by atoms with Gasteiger partial charge in [0.15, 0.2) is 0 Å². The SMILES string of the molecule is CNC(=O)Cn1c(CCl)nc2cc(OC)ccc21. The molecule has 0 radical (unpaired) electrons. The Hall–Kier alpha value is -1.75. The minimum absolute atomic E-state index is 0.0866. The molecular formula is C12H14ClN3O2. The van der Waals surface area contributed by atoms with E-state index in [2.05, 4.69) is 10.3 Å². The van der Waals surface area contributed by atoms with E-state index in [0.717, 1.165) is 16.8 Å². The molecule has 0 saturated carbocycles. The first kappa shape index (κ1) is 12.7. The Morgan fingerprint density at radius 3 is 2.94 bits per heavy atom. The maximum Gasteiger partial charge on any atom is 0.239 e. The highest BCUT2D eigenvalue weighted by Crippen LogP contribution is 2.22. The van der Waals surface area contributed by atoms with Gasteiger partial charge in [0.2, 0.25) is 5.91 Å². The van der Waals surface area contributed by atoms with Crippen molar-refractivity contribution in [1.82, 2.24) is 14.9 Å². The Labute approximate surface area is 110 Å². The fourth-order valence-electron chi connectivity index (χ4n) is 1.79. The summed E-state index contributed by atoms with van der Waals surface area (Å²) in [7, 11) is 3.20. The number of halogens is 1. The van der Waals surface area contributed by atoms with Crippen molar-refractivity contribution < 1.29 is 9.53 Å². The van der Waals surface area contributed by atoms with Crippen molar-refractivity contribution in [3.63, 3.8) is 0 Å². The largest absolute Gasteiger partial charge is 0.497 e. The van der Waals surface area contributed by atoms with Gasteiger partial charge in [-0.05, 0) is 12.1 Å². The third-order valence-electron chi connectivity index (χ3n) is 2.73. The van der Waals surface area contributed by atoms with Gasteiger partial charge in [-0.3, -0.25) is 4.79 Å². The molecule has 2 rings (SSSR count). The predicted molar refractivity (Wildman–Crippen MR) is 69.9 cm³/mol. The number of ether oxygens (including phenoxy) is 1. The predicted octanol–water partition coefficient (Wildman–Crippen LogP) is 1.53. The zero-order chi connectivity index (χ0) is 13.1. The number of fused-ring (bicyclic) bond motifs is 1. The molecule has 0 saturated heterocycles. The van der Waals surface area contributed by atoms with E-state index >= 15 is 0 Å². The molecule has 1 heterocycles. The number of benzene rings is 1. The lowest BCUT2D eigenvalue weighted by Gasteiger charge is -2.06. The van der Waals surface area contributed by atoms with Crippen molar-refractivity contribution in [2.75, 3.05) is 14.2 Å². The summed E-state index contributed by atoms with van der Waals surface area (Å²) in [6, 6.07) is 5.54. The lowest BCUT2D eigenvalue weighted by molar-refractivity contribution is -0.121. The van der Waals surface area contributed by atoms with Gasteiger partial charge in [0.1, 0.15) is 18.1 Å². The van der Waals surface area contributed by atoms with Gasteiger partial charge in [-0.1, -0.05) is 0 Å². The zero-order valence-corrected chi connectivity index (χ0v) is 11.0. The molecule has 0 fully saturated rings. The second kappa shape index (κ2) is 5.27. The molecular weight excluding hydrogens is 254 g/mol. The van der Waals surface area contributed by atoms with E-state index in [4.69, 9.17) is 16.3 Å². The maximum atomic E-state index is 11.5. The molecule has 1 aromatic heterocycles. The summed E-state index contributed by atoms with van der Waals surface area (Å²) in [5, 5.41) is 2.59. The standard InChI is InChI=1S/C12H14ClN3O2/c1-14-12(17)7-16-10-4-3-8(18-2)5-9(10)15-11(16)6-13/h3-5H,6-7H2,1-2H3,(H,14,17). The molecule has 0 aliphatic carbocycles. The number of hydrogen-bond donors (Lipinski definition) is 1. The smallest absolute Gasteiger partial charge is 0.239 e. The van der Waals surface area contributed by atoms with Gasteiger partial charge in [0.25, 0.3) is 0 Å². The van der Waals surface area contributed by atoms with Crippen LogP contribution in [0.25, 0.3) is 11.0 Å². The number of alkyl halides is 1. The number of rotatable bonds is 4. The van der Waals surface area contributed by atoms with Crippen LogP contribution in [0.5, 0.6) is 5.75 Å². The van der Waals surface area contributed by atoms with Crippen LogP contribution in [0.15, 0.2) is 18.2 Å². The third kappa shape index (κ3) is 2.26. The highest BCUT2D eigenvalue weighted by atomic mass is 35.5. The van der Waals surface area contributed by atoms with Crippen LogP contribution < -0.4 is 10.1 Å². The first-order chi connectivity index (χ1) is 8.69.